The normalized spacial score (nSPS) is 23.1. The summed E-state index contributed by atoms with van der Waals surface area (Å²) in [6.07, 6.45) is 3.49. The number of hydrogen-bond donors (Lipinski definition) is 2. The molecule has 1 fully saturated rings. The van der Waals surface area contributed by atoms with Crippen molar-refractivity contribution in [3.63, 3.8) is 0 Å². The average molecular weight is 330 g/mol. The molecule has 0 radical (unpaired) electrons. The zero-order valence-corrected chi connectivity index (χ0v) is 12.1. The molecule has 0 heterocycles. The molecular weight excluding hydrogens is 313 g/mol. The van der Waals surface area contributed by atoms with Crippen LogP contribution in [0.5, 0.6) is 0 Å². The van der Waals surface area contributed by atoms with Gasteiger partial charge in [-0.05, 0) is 49.8 Å². The highest BCUT2D eigenvalue weighted by Crippen LogP contribution is 2.24. The van der Waals surface area contributed by atoms with E-state index >= 15 is 0 Å². The number of carbonyl (C=O) groups is 1. The first-order valence-corrected chi connectivity index (χ1v) is 7.26. The van der Waals surface area contributed by atoms with Crippen LogP contribution in [0.3, 0.4) is 0 Å². The van der Waals surface area contributed by atoms with Crippen molar-refractivity contribution in [3.05, 3.63) is 34.1 Å². The van der Waals surface area contributed by atoms with Gasteiger partial charge >= 0.3 is 0 Å². The van der Waals surface area contributed by atoms with Gasteiger partial charge in [-0.15, -0.1) is 0 Å². The minimum atomic E-state index is -0.509. The summed E-state index contributed by atoms with van der Waals surface area (Å²) in [7, 11) is 0. The zero-order chi connectivity index (χ0) is 13.8. The van der Waals surface area contributed by atoms with Crippen LogP contribution in [0.1, 0.15) is 36.0 Å². The van der Waals surface area contributed by atoms with Gasteiger partial charge in [0.15, 0.2) is 0 Å². The number of amides is 1. The fourth-order valence-corrected chi connectivity index (χ4v) is 2.79. The number of hydrogen-bond acceptors (Lipinski definition) is 2. The van der Waals surface area contributed by atoms with Crippen LogP contribution in [0.25, 0.3) is 0 Å². The molecule has 1 aromatic rings. The molecule has 1 amide bonds. The summed E-state index contributed by atoms with van der Waals surface area (Å²) >= 11 is 3.23. The molecule has 0 unspecified atom stereocenters. The van der Waals surface area contributed by atoms with Crippen molar-refractivity contribution in [2.24, 2.45) is 5.92 Å². The van der Waals surface area contributed by atoms with Gasteiger partial charge < -0.3 is 10.4 Å². The van der Waals surface area contributed by atoms with Crippen molar-refractivity contribution in [2.45, 2.75) is 31.7 Å². The first kappa shape index (κ1) is 14.5. The Bertz CT molecular complexity index is 459. The van der Waals surface area contributed by atoms with Gasteiger partial charge in [0.05, 0.1) is 5.56 Å². The standard InChI is InChI=1S/C14H17BrFNO2/c15-10-3-6-13(16)12(7-10)14(19)17-11-4-1-9(8-18)2-5-11/h3,6-7,9,11,18H,1-2,4-5,8H2,(H,17,19). The lowest BCUT2D eigenvalue weighted by molar-refractivity contribution is 0.0910. The molecule has 0 spiro atoms. The Kier molecular flexibility index (Phi) is 4.93. The molecule has 1 saturated carbocycles. The molecule has 0 atom stereocenters. The summed E-state index contributed by atoms with van der Waals surface area (Å²) in [6, 6.07) is 4.42. The second kappa shape index (κ2) is 6.48. The molecule has 1 aromatic carbocycles. The van der Waals surface area contributed by atoms with Gasteiger partial charge in [-0.3, -0.25) is 4.79 Å². The Morgan fingerprint density at radius 2 is 2.05 bits per heavy atom. The number of benzene rings is 1. The van der Waals surface area contributed by atoms with Gasteiger partial charge in [-0.1, -0.05) is 15.9 Å². The molecule has 5 heteroatoms. The third-order valence-corrected chi connectivity index (χ3v) is 4.11. The molecule has 2 N–H and O–H groups in total. The quantitative estimate of drug-likeness (QED) is 0.895. The molecule has 1 aliphatic carbocycles. The molecule has 0 aliphatic heterocycles. The first-order chi connectivity index (χ1) is 9.10. The van der Waals surface area contributed by atoms with E-state index in [1.165, 1.54) is 12.1 Å². The highest BCUT2D eigenvalue weighted by molar-refractivity contribution is 9.10. The van der Waals surface area contributed by atoms with Crippen molar-refractivity contribution < 1.29 is 14.3 Å². The summed E-state index contributed by atoms with van der Waals surface area (Å²) in [5, 5.41) is 11.9. The average Bonchev–Trinajstić information content (AvgIpc) is 2.42. The SMILES string of the molecule is O=C(NC1CCC(CO)CC1)c1cc(Br)ccc1F. The van der Waals surface area contributed by atoms with Crippen LogP contribution < -0.4 is 5.32 Å². The van der Waals surface area contributed by atoms with Crippen molar-refractivity contribution in [2.75, 3.05) is 6.61 Å². The van der Waals surface area contributed by atoms with E-state index in [9.17, 15) is 9.18 Å². The Balaban J connectivity index is 1.96. The summed E-state index contributed by atoms with van der Waals surface area (Å²) in [6.45, 7) is 0.209. The van der Waals surface area contributed by atoms with E-state index in [1.807, 2.05) is 0 Å². The number of nitrogens with one attached hydrogen (secondary N) is 1. The summed E-state index contributed by atoms with van der Waals surface area (Å²) in [5.41, 5.74) is 0.0682. The van der Waals surface area contributed by atoms with Crippen LogP contribution in [0.2, 0.25) is 0 Å². The number of aliphatic hydroxyl groups excluding tert-OH is 1. The topological polar surface area (TPSA) is 49.3 Å². The fraction of sp³-hybridized carbons (Fsp3) is 0.500. The molecule has 3 nitrogen and oxygen atoms in total. The van der Waals surface area contributed by atoms with Crippen LogP contribution in [-0.2, 0) is 0 Å². The Labute approximate surface area is 120 Å². The first-order valence-electron chi connectivity index (χ1n) is 6.47. The van der Waals surface area contributed by atoms with Gasteiger partial charge in [-0.2, -0.15) is 0 Å². The van der Waals surface area contributed by atoms with E-state index in [4.69, 9.17) is 5.11 Å². The van der Waals surface area contributed by atoms with Gasteiger partial charge in [0.25, 0.3) is 5.91 Å². The fourth-order valence-electron chi connectivity index (χ4n) is 2.42. The molecular formula is C14H17BrFNO2. The second-order valence-corrected chi connectivity index (χ2v) is 5.91. The maximum atomic E-state index is 13.6. The Morgan fingerprint density at radius 3 is 2.68 bits per heavy atom. The zero-order valence-electron chi connectivity index (χ0n) is 10.5. The predicted octanol–water partition coefficient (Wildman–Crippen LogP) is 2.87. The molecule has 2 rings (SSSR count). The summed E-state index contributed by atoms with van der Waals surface area (Å²) < 4.78 is 14.3. The van der Waals surface area contributed by atoms with Crippen molar-refractivity contribution in [1.82, 2.24) is 5.32 Å². The largest absolute Gasteiger partial charge is 0.396 e. The van der Waals surface area contributed by atoms with E-state index in [-0.39, 0.29) is 24.1 Å². The molecule has 104 valence electrons. The van der Waals surface area contributed by atoms with Crippen LogP contribution in [0.4, 0.5) is 4.39 Å². The van der Waals surface area contributed by atoms with Crippen LogP contribution in [0.15, 0.2) is 22.7 Å². The van der Waals surface area contributed by atoms with E-state index in [2.05, 4.69) is 21.2 Å². The van der Waals surface area contributed by atoms with Crippen LogP contribution in [-0.4, -0.2) is 23.7 Å². The summed E-state index contributed by atoms with van der Waals surface area (Å²) in [4.78, 5) is 12.0. The lowest BCUT2D eigenvalue weighted by Crippen LogP contribution is -2.38. The lowest BCUT2D eigenvalue weighted by atomic mass is 9.86. The molecule has 1 aliphatic rings. The number of aliphatic hydroxyl groups is 1. The van der Waals surface area contributed by atoms with E-state index in [0.29, 0.717) is 10.4 Å². The Hall–Kier alpha value is -0.940. The maximum Gasteiger partial charge on any atom is 0.254 e. The number of carbonyl (C=O) groups excluding carboxylic acids is 1. The third-order valence-electron chi connectivity index (χ3n) is 3.61. The number of halogens is 2. The van der Waals surface area contributed by atoms with Gasteiger partial charge in [0.2, 0.25) is 0 Å². The number of rotatable bonds is 3. The van der Waals surface area contributed by atoms with Crippen LogP contribution >= 0.6 is 15.9 Å². The van der Waals surface area contributed by atoms with Gasteiger partial charge in [0.1, 0.15) is 5.82 Å². The van der Waals surface area contributed by atoms with E-state index in [0.717, 1.165) is 25.7 Å². The van der Waals surface area contributed by atoms with Crippen molar-refractivity contribution in [1.29, 1.82) is 0 Å². The second-order valence-electron chi connectivity index (χ2n) is 5.00. The highest BCUT2D eigenvalue weighted by atomic mass is 79.9. The lowest BCUT2D eigenvalue weighted by Gasteiger charge is -2.28. The minimum Gasteiger partial charge on any atom is -0.396 e. The highest BCUT2D eigenvalue weighted by Gasteiger charge is 2.23. The molecule has 0 aromatic heterocycles. The van der Waals surface area contributed by atoms with Crippen LogP contribution in [0, 0.1) is 11.7 Å². The molecule has 0 saturated heterocycles. The predicted molar refractivity (Wildman–Crippen MR) is 74.4 cm³/mol. The van der Waals surface area contributed by atoms with E-state index < -0.39 is 5.82 Å². The smallest absolute Gasteiger partial charge is 0.254 e. The Morgan fingerprint density at radius 1 is 1.37 bits per heavy atom. The summed E-state index contributed by atoms with van der Waals surface area (Å²) in [5.74, 6) is -0.535. The van der Waals surface area contributed by atoms with Crippen molar-refractivity contribution in [3.8, 4) is 0 Å². The molecule has 19 heavy (non-hydrogen) atoms. The monoisotopic (exact) mass is 329 g/mol. The van der Waals surface area contributed by atoms with Gasteiger partial charge in [0, 0.05) is 17.1 Å². The molecule has 0 bridgehead atoms. The van der Waals surface area contributed by atoms with Gasteiger partial charge in [-0.25, -0.2) is 4.39 Å². The minimum absolute atomic E-state index is 0.0682. The maximum absolute atomic E-state index is 13.6. The third kappa shape index (κ3) is 3.76. The van der Waals surface area contributed by atoms with E-state index in [1.54, 1.807) is 6.07 Å². The van der Waals surface area contributed by atoms with Crippen molar-refractivity contribution >= 4 is 21.8 Å².